The van der Waals surface area contributed by atoms with Crippen LogP contribution < -0.4 is 10.2 Å². The topological polar surface area (TPSA) is 41.6 Å². The van der Waals surface area contributed by atoms with E-state index in [-0.39, 0.29) is 12.0 Å². The number of esters is 1. The number of hydrogen-bond acceptors (Lipinski definition) is 4. The Morgan fingerprint density at radius 2 is 1.90 bits per heavy atom. The summed E-state index contributed by atoms with van der Waals surface area (Å²) in [7, 11) is 1.42. The molecule has 0 spiro atoms. The Morgan fingerprint density at radius 3 is 2.50 bits per heavy atom. The van der Waals surface area contributed by atoms with Crippen LogP contribution in [0.5, 0.6) is 0 Å². The number of carbonyl (C=O) groups is 1. The van der Waals surface area contributed by atoms with E-state index in [0.29, 0.717) is 6.42 Å². The number of anilines is 2. The SMILES string of the molecule is COC(=O)CC(C)Nc1ccc(N2CCCCC2)cc1. The summed E-state index contributed by atoms with van der Waals surface area (Å²) in [5.41, 5.74) is 2.33. The highest BCUT2D eigenvalue weighted by molar-refractivity contribution is 5.70. The van der Waals surface area contributed by atoms with E-state index in [1.807, 2.05) is 6.92 Å². The van der Waals surface area contributed by atoms with Gasteiger partial charge in [0.2, 0.25) is 0 Å². The largest absolute Gasteiger partial charge is 0.469 e. The zero-order chi connectivity index (χ0) is 14.4. The van der Waals surface area contributed by atoms with Gasteiger partial charge in [-0.3, -0.25) is 4.79 Å². The third-order valence-corrected chi connectivity index (χ3v) is 3.70. The van der Waals surface area contributed by atoms with Crippen molar-refractivity contribution in [2.45, 2.75) is 38.6 Å². The summed E-state index contributed by atoms with van der Waals surface area (Å²) in [6, 6.07) is 8.54. The van der Waals surface area contributed by atoms with Crippen molar-refractivity contribution in [3.63, 3.8) is 0 Å². The van der Waals surface area contributed by atoms with Gasteiger partial charge in [0.1, 0.15) is 0 Å². The van der Waals surface area contributed by atoms with Crippen molar-refractivity contribution in [2.24, 2.45) is 0 Å². The molecule has 1 saturated heterocycles. The number of carbonyl (C=O) groups excluding carboxylic acids is 1. The Labute approximate surface area is 121 Å². The minimum atomic E-state index is -0.185. The third-order valence-electron chi connectivity index (χ3n) is 3.70. The van der Waals surface area contributed by atoms with Gasteiger partial charge in [0.05, 0.1) is 13.5 Å². The maximum absolute atomic E-state index is 11.2. The van der Waals surface area contributed by atoms with Crippen LogP contribution in [0.1, 0.15) is 32.6 Å². The molecule has 0 aromatic heterocycles. The maximum atomic E-state index is 11.2. The van der Waals surface area contributed by atoms with Gasteiger partial charge in [-0.05, 0) is 50.5 Å². The molecule has 2 rings (SSSR count). The average molecular weight is 276 g/mol. The fourth-order valence-electron chi connectivity index (χ4n) is 2.59. The smallest absolute Gasteiger partial charge is 0.307 e. The summed E-state index contributed by atoms with van der Waals surface area (Å²) in [4.78, 5) is 13.6. The first-order chi connectivity index (χ1) is 9.69. The second-order valence-corrected chi connectivity index (χ2v) is 5.42. The standard InChI is InChI=1S/C16H24N2O2/c1-13(12-16(19)20-2)17-14-6-8-15(9-7-14)18-10-4-3-5-11-18/h6-9,13,17H,3-5,10-12H2,1-2H3. The van der Waals surface area contributed by atoms with E-state index in [4.69, 9.17) is 0 Å². The summed E-state index contributed by atoms with van der Waals surface area (Å²) >= 11 is 0. The molecule has 0 aliphatic carbocycles. The van der Waals surface area contributed by atoms with Gasteiger partial charge in [-0.1, -0.05) is 0 Å². The summed E-state index contributed by atoms with van der Waals surface area (Å²) < 4.78 is 4.67. The first-order valence-corrected chi connectivity index (χ1v) is 7.37. The van der Waals surface area contributed by atoms with Gasteiger partial charge in [-0.2, -0.15) is 0 Å². The first-order valence-electron chi connectivity index (χ1n) is 7.37. The predicted octanol–water partition coefficient (Wildman–Crippen LogP) is 3.04. The molecule has 1 heterocycles. The van der Waals surface area contributed by atoms with E-state index >= 15 is 0 Å². The third kappa shape index (κ3) is 4.15. The van der Waals surface area contributed by atoms with E-state index < -0.39 is 0 Å². The number of hydrogen-bond donors (Lipinski definition) is 1. The minimum absolute atomic E-state index is 0.0725. The van der Waals surface area contributed by atoms with Crippen LogP contribution in [0.25, 0.3) is 0 Å². The van der Waals surface area contributed by atoms with Gasteiger partial charge < -0.3 is 15.0 Å². The number of nitrogens with one attached hydrogen (secondary N) is 1. The molecule has 1 aromatic rings. The fourth-order valence-corrected chi connectivity index (χ4v) is 2.59. The first kappa shape index (κ1) is 14.7. The molecule has 0 bridgehead atoms. The predicted molar refractivity (Wildman–Crippen MR) is 82.2 cm³/mol. The van der Waals surface area contributed by atoms with E-state index in [2.05, 4.69) is 39.2 Å². The summed E-state index contributed by atoms with van der Waals surface area (Å²) in [5, 5.41) is 3.32. The second-order valence-electron chi connectivity index (χ2n) is 5.42. The molecule has 1 atom stereocenters. The molecular formula is C16H24N2O2. The van der Waals surface area contributed by atoms with Crippen LogP contribution in [0.4, 0.5) is 11.4 Å². The molecule has 1 aromatic carbocycles. The Hall–Kier alpha value is -1.71. The lowest BCUT2D eigenvalue weighted by Gasteiger charge is -2.29. The van der Waals surface area contributed by atoms with E-state index in [9.17, 15) is 4.79 Å². The van der Waals surface area contributed by atoms with Crippen molar-refractivity contribution >= 4 is 17.3 Å². The highest BCUT2D eigenvalue weighted by Gasteiger charge is 2.11. The van der Waals surface area contributed by atoms with Crippen LogP contribution in [0.15, 0.2) is 24.3 Å². The van der Waals surface area contributed by atoms with Crippen LogP contribution in [-0.2, 0) is 9.53 Å². The number of nitrogens with zero attached hydrogens (tertiary/aromatic N) is 1. The van der Waals surface area contributed by atoms with Gasteiger partial charge >= 0.3 is 5.97 Å². The fraction of sp³-hybridized carbons (Fsp3) is 0.562. The number of rotatable bonds is 5. The van der Waals surface area contributed by atoms with Gasteiger partial charge in [0, 0.05) is 30.5 Å². The number of methoxy groups -OCH3 is 1. The molecule has 1 aliphatic heterocycles. The molecule has 110 valence electrons. The molecule has 1 aliphatic rings. The highest BCUT2D eigenvalue weighted by atomic mass is 16.5. The van der Waals surface area contributed by atoms with Gasteiger partial charge in [0.25, 0.3) is 0 Å². The average Bonchev–Trinajstić information content (AvgIpc) is 2.48. The molecule has 1 fully saturated rings. The monoisotopic (exact) mass is 276 g/mol. The maximum Gasteiger partial charge on any atom is 0.307 e. The van der Waals surface area contributed by atoms with Crippen LogP contribution in [-0.4, -0.2) is 32.2 Å². The van der Waals surface area contributed by atoms with E-state index in [1.54, 1.807) is 0 Å². The summed E-state index contributed by atoms with van der Waals surface area (Å²) in [6.45, 7) is 4.30. The second kappa shape index (κ2) is 7.17. The van der Waals surface area contributed by atoms with Gasteiger partial charge in [0.15, 0.2) is 0 Å². The van der Waals surface area contributed by atoms with Crippen LogP contribution in [0.2, 0.25) is 0 Å². The Morgan fingerprint density at radius 1 is 1.25 bits per heavy atom. The van der Waals surface area contributed by atoms with Crippen molar-refractivity contribution in [3.8, 4) is 0 Å². The summed E-state index contributed by atoms with van der Waals surface area (Å²) in [6.07, 6.45) is 4.30. The van der Waals surface area contributed by atoms with Gasteiger partial charge in [-0.15, -0.1) is 0 Å². The Balaban J connectivity index is 1.89. The van der Waals surface area contributed by atoms with Crippen molar-refractivity contribution in [3.05, 3.63) is 24.3 Å². The quantitative estimate of drug-likeness (QED) is 0.839. The number of piperidine rings is 1. The lowest BCUT2D eigenvalue weighted by Crippen LogP contribution is -2.29. The molecule has 0 saturated carbocycles. The Kier molecular flexibility index (Phi) is 5.27. The normalized spacial score (nSPS) is 16.6. The molecular weight excluding hydrogens is 252 g/mol. The van der Waals surface area contributed by atoms with E-state index in [0.717, 1.165) is 18.8 Å². The number of benzene rings is 1. The van der Waals surface area contributed by atoms with Crippen molar-refractivity contribution in [1.82, 2.24) is 0 Å². The van der Waals surface area contributed by atoms with Crippen molar-refractivity contribution in [2.75, 3.05) is 30.4 Å². The van der Waals surface area contributed by atoms with Gasteiger partial charge in [-0.25, -0.2) is 0 Å². The molecule has 1 unspecified atom stereocenters. The van der Waals surface area contributed by atoms with Crippen LogP contribution >= 0.6 is 0 Å². The molecule has 20 heavy (non-hydrogen) atoms. The van der Waals surface area contributed by atoms with E-state index in [1.165, 1.54) is 32.1 Å². The zero-order valence-corrected chi connectivity index (χ0v) is 12.4. The molecule has 4 heteroatoms. The van der Waals surface area contributed by atoms with Crippen LogP contribution in [0, 0.1) is 0 Å². The molecule has 0 radical (unpaired) electrons. The van der Waals surface area contributed by atoms with Crippen molar-refractivity contribution < 1.29 is 9.53 Å². The summed E-state index contributed by atoms with van der Waals surface area (Å²) in [5.74, 6) is -0.185. The lowest BCUT2D eigenvalue weighted by atomic mass is 10.1. The minimum Gasteiger partial charge on any atom is -0.469 e. The lowest BCUT2D eigenvalue weighted by molar-refractivity contribution is -0.140. The Bertz CT molecular complexity index is 425. The number of ether oxygens (including phenoxy) is 1. The van der Waals surface area contributed by atoms with Crippen molar-refractivity contribution in [1.29, 1.82) is 0 Å². The highest BCUT2D eigenvalue weighted by Crippen LogP contribution is 2.22. The molecule has 4 nitrogen and oxygen atoms in total. The zero-order valence-electron chi connectivity index (χ0n) is 12.4. The molecule has 1 N–H and O–H groups in total. The molecule has 0 amide bonds. The van der Waals surface area contributed by atoms with Crippen LogP contribution in [0.3, 0.4) is 0 Å².